The maximum Gasteiger partial charge on any atom is 1.00 e. The first kappa shape index (κ1) is 6.56. The van der Waals surface area contributed by atoms with Gasteiger partial charge >= 0.3 is 1.43 Å². The van der Waals surface area contributed by atoms with Gasteiger partial charge in [-0.05, 0) is 13.8 Å². The molecular formula is C8H13Si+. The molecule has 1 aromatic carbocycles. The minimum Gasteiger partial charge on any atom is -0.0702 e. The van der Waals surface area contributed by atoms with E-state index in [-0.39, 0.29) is 1.43 Å². The largest absolute Gasteiger partial charge is 1.00 e. The summed E-state index contributed by atoms with van der Waals surface area (Å²) in [6.45, 7) is 4.29. The van der Waals surface area contributed by atoms with E-state index in [1.165, 1.54) is 26.6 Å². The van der Waals surface area contributed by atoms with Crippen LogP contribution in [0.4, 0.5) is 0 Å². The fraction of sp³-hybridized carbons (Fsp3) is 0.250. The number of aryl methyl sites for hydroxylation is 2. The van der Waals surface area contributed by atoms with Gasteiger partial charge < -0.3 is 0 Å². The molecule has 1 aromatic rings. The first-order chi connectivity index (χ1) is 4.18. The maximum atomic E-state index is 2.25. The smallest absolute Gasteiger partial charge is 0.0702 e. The van der Waals surface area contributed by atoms with Crippen molar-refractivity contribution in [3.05, 3.63) is 29.3 Å². The van der Waals surface area contributed by atoms with Gasteiger partial charge in [0.2, 0.25) is 0 Å². The summed E-state index contributed by atoms with van der Waals surface area (Å²) in [6.07, 6.45) is 0. The minimum absolute atomic E-state index is 0. The van der Waals surface area contributed by atoms with Crippen molar-refractivity contribution in [2.24, 2.45) is 0 Å². The number of hydrogen-bond donors (Lipinski definition) is 0. The molecule has 0 aliphatic heterocycles. The fourth-order valence-electron chi connectivity index (χ4n) is 1.20. The summed E-state index contributed by atoms with van der Waals surface area (Å²) in [4.78, 5) is 0. The van der Waals surface area contributed by atoms with Crippen LogP contribution in [0.1, 0.15) is 12.6 Å². The molecular weight excluding hydrogens is 124 g/mol. The molecule has 0 N–H and O–H groups in total. The van der Waals surface area contributed by atoms with Crippen molar-refractivity contribution in [3.8, 4) is 0 Å². The summed E-state index contributed by atoms with van der Waals surface area (Å²) in [5.41, 5.74) is 2.78. The number of hydrogen-bond acceptors (Lipinski definition) is 0. The predicted molar refractivity (Wildman–Crippen MR) is 46.6 cm³/mol. The molecule has 9 heavy (non-hydrogen) atoms. The van der Waals surface area contributed by atoms with E-state index in [4.69, 9.17) is 0 Å². The van der Waals surface area contributed by atoms with Crippen LogP contribution < -0.4 is 5.19 Å². The molecule has 0 fully saturated rings. The van der Waals surface area contributed by atoms with E-state index in [0.29, 0.717) is 0 Å². The Balaban J connectivity index is 0.000000810. The van der Waals surface area contributed by atoms with Crippen molar-refractivity contribution >= 4 is 15.4 Å². The third-order valence-electron chi connectivity index (χ3n) is 1.37. The van der Waals surface area contributed by atoms with E-state index in [0.717, 1.165) is 0 Å². The Kier molecular flexibility index (Phi) is 1.72. The lowest BCUT2D eigenvalue weighted by molar-refractivity contribution is 1.40. The zero-order valence-electron chi connectivity index (χ0n) is 7.23. The Morgan fingerprint density at radius 1 is 1.11 bits per heavy atom. The standard InChI is InChI=1S/C8H12Si/c1-6-3-7(2)5-8(9)4-6/h3-5H,1-2,9H3/p+1. The second kappa shape index (κ2) is 2.36. The van der Waals surface area contributed by atoms with E-state index in [1.807, 2.05) is 0 Å². The van der Waals surface area contributed by atoms with Gasteiger partial charge in [-0.3, -0.25) is 0 Å². The molecule has 0 saturated heterocycles. The summed E-state index contributed by atoms with van der Waals surface area (Å²) in [6, 6.07) is 6.71. The Morgan fingerprint density at radius 3 is 1.89 bits per heavy atom. The molecule has 0 aromatic heterocycles. The lowest BCUT2D eigenvalue weighted by atomic mass is 10.2. The van der Waals surface area contributed by atoms with Crippen LogP contribution in [0.3, 0.4) is 0 Å². The normalized spacial score (nSPS) is 10.0. The molecule has 0 heterocycles. The summed E-state index contributed by atoms with van der Waals surface area (Å²) in [7, 11) is 1.17. The molecule has 0 aliphatic rings. The van der Waals surface area contributed by atoms with E-state index in [2.05, 4.69) is 32.0 Å². The van der Waals surface area contributed by atoms with Gasteiger partial charge in [0.1, 0.15) is 0 Å². The van der Waals surface area contributed by atoms with Gasteiger partial charge in [0.25, 0.3) is 0 Å². The van der Waals surface area contributed by atoms with Crippen molar-refractivity contribution < 1.29 is 1.43 Å². The van der Waals surface area contributed by atoms with Gasteiger partial charge in [0, 0.05) is 10.2 Å². The molecule has 0 radical (unpaired) electrons. The van der Waals surface area contributed by atoms with E-state index in [1.54, 1.807) is 0 Å². The molecule has 1 heteroatoms. The van der Waals surface area contributed by atoms with Crippen molar-refractivity contribution in [3.63, 3.8) is 0 Å². The highest BCUT2D eigenvalue weighted by molar-refractivity contribution is 6.32. The second-order valence-corrected chi connectivity index (χ2v) is 3.82. The molecule has 0 bridgehead atoms. The topological polar surface area (TPSA) is 0 Å². The Hall–Kier alpha value is -0.563. The van der Waals surface area contributed by atoms with Crippen LogP contribution in [0.25, 0.3) is 0 Å². The van der Waals surface area contributed by atoms with Crippen molar-refractivity contribution in [1.29, 1.82) is 0 Å². The van der Waals surface area contributed by atoms with E-state index < -0.39 is 0 Å². The third kappa shape index (κ3) is 1.68. The van der Waals surface area contributed by atoms with Crippen molar-refractivity contribution in [2.45, 2.75) is 13.8 Å². The van der Waals surface area contributed by atoms with Gasteiger partial charge in [-0.1, -0.05) is 34.5 Å². The lowest BCUT2D eigenvalue weighted by Crippen LogP contribution is -2.02. The molecule has 0 spiro atoms. The van der Waals surface area contributed by atoms with Crippen molar-refractivity contribution in [2.75, 3.05) is 0 Å². The van der Waals surface area contributed by atoms with Crippen LogP contribution in [0.2, 0.25) is 0 Å². The van der Waals surface area contributed by atoms with E-state index >= 15 is 0 Å². The van der Waals surface area contributed by atoms with Crippen molar-refractivity contribution in [1.82, 2.24) is 0 Å². The summed E-state index contributed by atoms with van der Waals surface area (Å²) in [5, 5.41) is 1.49. The van der Waals surface area contributed by atoms with Gasteiger partial charge in [0.05, 0.1) is 0 Å². The lowest BCUT2D eigenvalue weighted by Gasteiger charge is -1.97. The van der Waals surface area contributed by atoms with Gasteiger partial charge in [-0.15, -0.1) is 0 Å². The minimum atomic E-state index is 0. The Labute approximate surface area is 60.8 Å². The molecule has 0 amide bonds. The summed E-state index contributed by atoms with van der Waals surface area (Å²) < 4.78 is 0. The SMILES string of the molecule is Cc1cc(C)cc([SiH3])c1.[H+]. The third-order valence-corrected chi connectivity index (χ3v) is 1.94. The zero-order valence-corrected chi connectivity index (χ0v) is 8.23. The molecule has 0 saturated carbocycles. The first-order valence-electron chi connectivity index (χ1n) is 3.23. The fourth-order valence-corrected chi connectivity index (χ4v) is 2.11. The highest BCUT2D eigenvalue weighted by Gasteiger charge is 1.87. The highest BCUT2D eigenvalue weighted by Crippen LogP contribution is 1.97. The van der Waals surface area contributed by atoms with Crippen LogP contribution in [0.5, 0.6) is 0 Å². The quantitative estimate of drug-likeness (QED) is 0.454. The maximum absolute atomic E-state index is 2.25. The van der Waals surface area contributed by atoms with Gasteiger partial charge in [-0.2, -0.15) is 0 Å². The monoisotopic (exact) mass is 137 g/mol. The Bertz CT molecular complexity index is 170. The number of benzene rings is 1. The predicted octanol–water partition coefficient (Wildman–Crippen LogP) is 0.407. The molecule has 0 atom stereocenters. The van der Waals surface area contributed by atoms with Crippen LogP contribution in [-0.4, -0.2) is 10.2 Å². The number of rotatable bonds is 0. The Morgan fingerprint density at radius 2 is 1.56 bits per heavy atom. The van der Waals surface area contributed by atoms with Gasteiger partial charge in [0.15, 0.2) is 0 Å². The highest BCUT2D eigenvalue weighted by atomic mass is 28.1. The molecule has 0 unspecified atom stereocenters. The van der Waals surface area contributed by atoms with E-state index in [9.17, 15) is 0 Å². The molecule has 48 valence electrons. The van der Waals surface area contributed by atoms with Crippen LogP contribution in [0, 0.1) is 13.8 Å². The average molecular weight is 137 g/mol. The zero-order chi connectivity index (χ0) is 6.85. The summed E-state index contributed by atoms with van der Waals surface area (Å²) >= 11 is 0. The van der Waals surface area contributed by atoms with Gasteiger partial charge in [-0.25, -0.2) is 0 Å². The van der Waals surface area contributed by atoms with Crippen LogP contribution in [0.15, 0.2) is 18.2 Å². The van der Waals surface area contributed by atoms with Crippen LogP contribution >= 0.6 is 0 Å². The summed E-state index contributed by atoms with van der Waals surface area (Å²) in [5.74, 6) is 0. The molecule has 0 nitrogen and oxygen atoms in total. The first-order valence-corrected chi connectivity index (χ1v) is 4.23. The molecule has 1 rings (SSSR count). The molecule has 0 aliphatic carbocycles. The average Bonchev–Trinajstić information content (AvgIpc) is 1.59. The van der Waals surface area contributed by atoms with Crippen LogP contribution in [-0.2, 0) is 0 Å². The second-order valence-electron chi connectivity index (χ2n) is 2.67.